The summed E-state index contributed by atoms with van der Waals surface area (Å²) >= 11 is 0. The van der Waals surface area contributed by atoms with E-state index in [9.17, 15) is 4.79 Å². The Morgan fingerprint density at radius 1 is 1.70 bits per heavy atom. The molecule has 5 nitrogen and oxygen atoms in total. The summed E-state index contributed by atoms with van der Waals surface area (Å²) in [6.07, 6.45) is 0. The first-order valence-corrected chi connectivity index (χ1v) is 3.33. The summed E-state index contributed by atoms with van der Waals surface area (Å²) in [7, 11) is 0. The predicted molar refractivity (Wildman–Crippen MR) is 36.6 cm³/mol. The van der Waals surface area contributed by atoms with Gasteiger partial charge in [-0.15, -0.1) is 0 Å². The average Bonchev–Trinajstić information content (AvgIpc) is 2.15. The maximum absolute atomic E-state index is 11.0. The Bertz CT molecular complexity index is 149. The SMILES string of the molecule is NCC[N+]1(N)CCNC1=O. The van der Waals surface area contributed by atoms with Crippen LogP contribution >= 0.6 is 0 Å². The molecule has 0 saturated carbocycles. The summed E-state index contributed by atoms with van der Waals surface area (Å²) in [6.45, 7) is 2.28. The number of urea groups is 1. The van der Waals surface area contributed by atoms with E-state index in [1.54, 1.807) is 0 Å². The van der Waals surface area contributed by atoms with E-state index in [1.165, 1.54) is 0 Å². The Morgan fingerprint density at radius 2 is 2.40 bits per heavy atom. The van der Waals surface area contributed by atoms with Crippen LogP contribution in [0.4, 0.5) is 4.79 Å². The monoisotopic (exact) mass is 145 g/mol. The number of nitrogens with zero attached hydrogens (tertiary/aromatic N) is 1. The molecule has 0 bridgehead atoms. The minimum absolute atomic E-state index is 0.0451. The zero-order valence-electron chi connectivity index (χ0n) is 5.84. The molecule has 1 atom stereocenters. The topological polar surface area (TPSA) is 81.1 Å². The van der Waals surface area contributed by atoms with Crippen LogP contribution in [0.15, 0.2) is 0 Å². The molecular weight excluding hydrogens is 132 g/mol. The second kappa shape index (κ2) is 2.53. The number of quaternary nitrogens is 1. The van der Waals surface area contributed by atoms with Crippen LogP contribution in [-0.4, -0.2) is 36.8 Å². The molecule has 0 aromatic heterocycles. The van der Waals surface area contributed by atoms with Crippen LogP contribution in [0.1, 0.15) is 0 Å². The Kier molecular flexibility index (Phi) is 1.89. The number of hydrogen-bond acceptors (Lipinski definition) is 3. The van der Waals surface area contributed by atoms with Gasteiger partial charge in [0, 0.05) is 6.54 Å². The zero-order valence-corrected chi connectivity index (χ0v) is 5.84. The highest BCUT2D eigenvalue weighted by atomic mass is 16.2. The summed E-state index contributed by atoms with van der Waals surface area (Å²) < 4.78 is -0.0451. The standard InChI is InChI=1S/C5H12N4O/c6-1-3-9(7)4-2-8-5(9)10/h1-4,6-7H2/p+1. The second-order valence-corrected chi connectivity index (χ2v) is 2.50. The smallest absolute Gasteiger partial charge is 0.325 e. The van der Waals surface area contributed by atoms with Crippen LogP contribution in [0.5, 0.6) is 0 Å². The van der Waals surface area contributed by atoms with Crippen molar-refractivity contribution in [3.63, 3.8) is 0 Å². The normalized spacial score (nSPS) is 32.4. The van der Waals surface area contributed by atoms with E-state index in [-0.39, 0.29) is 10.6 Å². The molecule has 1 fully saturated rings. The van der Waals surface area contributed by atoms with Crippen molar-refractivity contribution in [2.24, 2.45) is 11.6 Å². The molecule has 1 aliphatic heterocycles. The first-order valence-electron chi connectivity index (χ1n) is 3.33. The van der Waals surface area contributed by atoms with Gasteiger partial charge in [0.15, 0.2) is 0 Å². The quantitative estimate of drug-likeness (QED) is 0.247. The molecule has 0 spiro atoms. The predicted octanol–water partition coefficient (Wildman–Crippen LogP) is -1.64. The van der Waals surface area contributed by atoms with Crippen molar-refractivity contribution in [2.75, 3.05) is 26.2 Å². The van der Waals surface area contributed by atoms with Gasteiger partial charge in [0.05, 0.1) is 6.54 Å². The highest BCUT2D eigenvalue weighted by Crippen LogP contribution is 2.02. The molecule has 5 N–H and O–H groups in total. The fourth-order valence-electron chi connectivity index (χ4n) is 1.07. The summed E-state index contributed by atoms with van der Waals surface area (Å²) in [4.78, 5) is 11.0. The first kappa shape index (κ1) is 7.46. The van der Waals surface area contributed by atoms with Crippen LogP contribution in [-0.2, 0) is 0 Å². The van der Waals surface area contributed by atoms with Crippen molar-refractivity contribution in [3.05, 3.63) is 0 Å². The molecule has 1 unspecified atom stereocenters. The van der Waals surface area contributed by atoms with E-state index in [2.05, 4.69) is 5.32 Å². The maximum Gasteiger partial charge on any atom is 0.436 e. The highest BCUT2D eigenvalue weighted by molar-refractivity contribution is 5.68. The van der Waals surface area contributed by atoms with Gasteiger partial charge in [0.1, 0.15) is 13.1 Å². The van der Waals surface area contributed by atoms with Crippen molar-refractivity contribution >= 4 is 6.03 Å². The molecule has 1 rings (SSSR count). The zero-order chi connectivity index (χ0) is 7.61. The fourth-order valence-corrected chi connectivity index (χ4v) is 1.07. The van der Waals surface area contributed by atoms with Crippen molar-refractivity contribution in [1.82, 2.24) is 5.32 Å². The largest absolute Gasteiger partial charge is 0.436 e. The van der Waals surface area contributed by atoms with Gasteiger partial charge < -0.3 is 5.73 Å². The van der Waals surface area contributed by atoms with Crippen LogP contribution in [0.2, 0.25) is 0 Å². The highest BCUT2D eigenvalue weighted by Gasteiger charge is 2.37. The van der Waals surface area contributed by atoms with Gasteiger partial charge in [0.2, 0.25) is 0 Å². The molecule has 0 radical (unpaired) electrons. The minimum atomic E-state index is -0.120. The summed E-state index contributed by atoms with van der Waals surface area (Å²) in [6, 6.07) is -0.120. The lowest BCUT2D eigenvalue weighted by Crippen LogP contribution is -2.58. The molecular formula is C5H13N4O+. The van der Waals surface area contributed by atoms with E-state index in [0.29, 0.717) is 26.2 Å². The van der Waals surface area contributed by atoms with E-state index < -0.39 is 0 Å². The number of hydrogen-bond donors (Lipinski definition) is 3. The Morgan fingerprint density at radius 3 is 2.80 bits per heavy atom. The molecule has 0 aromatic carbocycles. The summed E-state index contributed by atoms with van der Waals surface area (Å²) in [5.74, 6) is 5.66. The van der Waals surface area contributed by atoms with Crippen molar-refractivity contribution in [3.8, 4) is 0 Å². The second-order valence-electron chi connectivity index (χ2n) is 2.50. The van der Waals surface area contributed by atoms with Crippen molar-refractivity contribution in [2.45, 2.75) is 0 Å². The molecule has 10 heavy (non-hydrogen) atoms. The molecule has 1 aliphatic rings. The number of nitrogens with one attached hydrogen (secondary N) is 1. The van der Waals surface area contributed by atoms with Gasteiger partial charge >= 0.3 is 6.03 Å². The molecule has 1 heterocycles. The Labute approximate surface area is 59.5 Å². The van der Waals surface area contributed by atoms with Gasteiger partial charge in [-0.1, -0.05) is 0 Å². The molecule has 5 heteroatoms. The summed E-state index contributed by atoms with van der Waals surface area (Å²) in [5, 5.41) is 2.65. The third-order valence-electron chi connectivity index (χ3n) is 1.72. The van der Waals surface area contributed by atoms with E-state index in [1.807, 2.05) is 0 Å². The average molecular weight is 145 g/mol. The fraction of sp³-hybridized carbons (Fsp3) is 0.800. The van der Waals surface area contributed by atoms with Gasteiger partial charge in [0.25, 0.3) is 0 Å². The molecule has 0 aliphatic carbocycles. The molecule has 2 amide bonds. The van der Waals surface area contributed by atoms with Crippen LogP contribution in [0.3, 0.4) is 0 Å². The lowest BCUT2D eigenvalue weighted by Gasteiger charge is -2.21. The number of nitrogens with two attached hydrogens (primary N) is 2. The first-order chi connectivity index (χ1) is 4.69. The van der Waals surface area contributed by atoms with Crippen molar-refractivity contribution < 1.29 is 9.39 Å². The van der Waals surface area contributed by atoms with Crippen LogP contribution < -0.4 is 16.9 Å². The van der Waals surface area contributed by atoms with Gasteiger partial charge in [-0.2, -0.15) is 10.4 Å². The number of rotatable bonds is 2. The Hall–Kier alpha value is -0.650. The van der Waals surface area contributed by atoms with E-state index in [0.717, 1.165) is 0 Å². The number of amides is 2. The molecule has 58 valence electrons. The van der Waals surface area contributed by atoms with Gasteiger partial charge in [-0.05, 0) is 0 Å². The third-order valence-corrected chi connectivity index (χ3v) is 1.72. The lowest BCUT2D eigenvalue weighted by atomic mass is 10.5. The van der Waals surface area contributed by atoms with Gasteiger partial charge in [-0.3, -0.25) is 5.32 Å². The molecule has 0 aromatic rings. The maximum atomic E-state index is 11.0. The van der Waals surface area contributed by atoms with Gasteiger partial charge in [-0.25, -0.2) is 4.79 Å². The number of carbonyl (C=O) groups excluding carboxylic acids is 1. The van der Waals surface area contributed by atoms with Crippen molar-refractivity contribution in [1.29, 1.82) is 0 Å². The van der Waals surface area contributed by atoms with E-state index >= 15 is 0 Å². The molecule has 1 saturated heterocycles. The lowest BCUT2D eigenvalue weighted by molar-refractivity contribution is -0.851. The van der Waals surface area contributed by atoms with Crippen LogP contribution in [0.25, 0.3) is 0 Å². The summed E-state index contributed by atoms with van der Waals surface area (Å²) in [5.41, 5.74) is 5.28. The van der Waals surface area contributed by atoms with E-state index in [4.69, 9.17) is 11.6 Å². The third kappa shape index (κ3) is 1.11. The minimum Gasteiger partial charge on any atom is -0.325 e. The number of carbonyl (C=O) groups is 1. The Balaban J connectivity index is 2.57. The van der Waals surface area contributed by atoms with Crippen LogP contribution in [0, 0.1) is 0 Å².